The lowest BCUT2D eigenvalue weighted by molar-refractivity contribution is -0.0995. The summed E-state index contributed by atoms with van der Waals surface area (Å²) < 4.78 is 12.8. The molecule has 1 N–H and O–H groups in total. The summed E-state index contributed by atoms with van der Waals surface area (Å²) in [6, 6.07) is 6.17. The number of benzene rings is 1. The lowest BCUT2D eigenvalue weighted by Crippen LogP contribution is -2.50. The average molecular weight is 342 g/mol. The van der Waals surface area contributed by atoms with Gasteiger partial charge in [-0.2, -0.15) is 0 Å². The third kappa shape index (κ3) is 3.17. The summed E-state index contributed by atoms with van der Waals surface area (Å²) in [5.74, 6) is 0.998. The molecule has 3 rings (SSSR count). The number of aliphatic hydroxyl groups is 1. The number of halogens is 1. The number of morpholine rings is 1. The standard InChI is InChI=1S/C15H20BrNO3/c1-10-6-17(8-14(9-18)19-10)7-13-5-11-4-12(16)2-3-15(11)20-13/h2-4,10,13-14,18H,5-9H2,1H3. The Balaban J connectivity index is 1.60. The summed E-state index contributed by atoms with van der Waals surface area (Å²) in [7, 11) is 0. The molecule has 110 valence electrons. The van der Waals surface area contributed by atoms with Crippen molar-refractivity contribution in [3.8, 4) is 5.75 Å². The van der Waals surface area contributed by atoms with Crippen LogP contribution in [-0.4, -0.2) is 54.6 Å². The first-order chi connectivity index (χ1) is 9.64. The maximum Gasteiger partial charge on any atom is 0.123 e. The minimum absolute atomic E-state index is 0.0725. The Morgan fingerprint density at radius 1 is 1.35 bits per heavy atom. The molecule has 1 aromatic carbocycles. The quantitative estimate of drug-likeness (QED) is 0.910. The number of hydrogen-bond acceptors (Lipinski definition) is 4. The molecular weight excluding hydrogens is 322 g/mol. The van der Waals surface area contributed by atoms with Crippen LogP contribution in [0.2, 0.25) is 0 Å². The van der Waals surface area contributed by atoms with Crippen LogP contribution in [0.25, 0.3) is 0 Å². The van der Waals surface area contributed by atoms with Crippen molar-refractivity contribution in [2.24, 2.45) is 0 Å². The van der Waals surface area contributed by atoms with E-state index in [1.807, 2.05) is 12.1 Å². The van der Waals surface area contributed by atoms with Crippen LogP contribution < -0.4 is 4.74 Å². The largest absolute Gasteiger partial charge is 0.488 e. The fourth-order valence-electron chi connectivity index (χ4n) is 3.07. The second kappa shape index (κ2) is 6.02. The number of fused-ring (bicyclic) bond motifs is 1. The van der Waals surface area contributed by atoms with Gasteiger partial charge in [0.25, 0.3) is 0 Å². The van der Waals surface area contributed by atoms with Crippen LogP contribution in [0.4, 0.5) is 0 Å². The maximum absolute atomic E-state index is 9.27. The predicted molar refractivity (Wildman–Crippen MR) is 80.1 cm³/mol. The van der Waals surface area contributed by atoms with Gasteiger partial charge in [-0.3, -0.25) is 4.90 Å². The number of nitrogens with zero attached hydrogens (tertiary/aromatic N) is 1. The molecule has 3 atom stereocenters. The Morgan fingerprint density at radius 3 is 3.00 bits per heavy atom. The van der Waals surface area contributed by atoms with Gasteiger partial charge in [0.05, 0.1) is 18.8 Å². The zero-order valence-electron chi connectivity index (χ0n) is 11.6. The van der Waals surface area contributed by atoms with Gasteiger partial charge in [0.2, 0.25) is 0 Å². The summed E-state index contributed by atoms with van der Waals surface area (Å²) in [5.41, 5.74) is 1.27. The van der Waals surface area contributed by atoms with Gasteiger partial charge in [-0.1, -0.05) is 15.9 Å². The van der Waals surface area contributed by atoms with Crippen LogP contribution in [0.5, 0.6) is 5.75 Å². The molecule has 1 aromatic rings. The van der Waals surface area contributed by atoms with Gasteiger partial charge in [-0.15, -0.1) is 0 Å². The van der Waals surface area contributed by atoms with E-state index in [4.69, 9.17) is 9.47 Å². The van der Waals surface area contributed by atoms with Crippen molar-refractivity contribution in [1.82, 2.24) is 4.90 Å². The maximum atomic E-state index is 9.27. The first-order valence-corrected chi connectivity index (χ1v) is 7.87. The topological polar surface area (TPSA) is 41.9 Å². The minimum atomic E-state index is -0.0725. The number of rotatable bonds is 3. The molecule has 2 heterocycles. The molecule has 0 aliphatic carbocycles. The molecule has 2 aliphatic heterocycles. The molecule has 0 spiro atoms. The normalized spacial score (nSPS) is 30.1. The van der Waals surface area contributed by atoms with E-state index in [2.05, 4.69) is 33.8 Å². The van der Waals surface area contributed by atoms with Crippen molar-refractivity contribution in [1.29, 1.82) is 0 Å². The molecule has 5 heteroatoms. The van der Waals surface area contributed by atoms with Gasteiger partial charge in [0, 0.05) is 30.5 Å². The van der Waals surface area contributed by atoms with E-state index in [0.29, 0.717) is 0 Å². The summed E-state index contributed by atoms with van der Waals surface area (Å²) in [5, 5.41) is 9.27. The van der Waals surface area contributed by atoms with Crippen molar-refractivity contribution in [3.05, 3.63) is 28.2 Å². The molecule has 1 fully saturated rings. The first kappa shape index (κ1) is 14.3. The van der Waals surface area contributed by atoms with Gasteiger partial charge in [0.15, 0.2) is 0 Å². The highest BCUT2D eigenvalue weighted by atomic mass is 79.9. The van der Waals surface area contributed by atoms with Crippen LogP contribution in [0, 0.1) is 0 Å². The predicted octanol–water partition coefficient (Wildman–Crippen LogP) is 1.83. The van der Waals surface area contributed by atoms with Gasteiger partial charge in [0.1, 0.15) is 11.9 Å². The molecule has 4 nitrogen and oxygen atoms in total. The molecule has 1 saturated heterocycles. The van der Waals surface area contributed by atoms with Crippen molar-refractivity contribution in [2.45, 2.75) is 31.7 Å². The van der Waals surface area contributed by atoms with Crippen LogP contribution in [-0.2, 0) is 11.2 Å². The molecule has 0 aromatic heterocycles. The Bertz CT molecular complexity index is 482. The smallest absolute Gasteiger partial charge is 0.123 e. The molecule has 0 bridgehead atoms. The SMILES string of the molecule is CC1CN(CC2Cc3cc(Br)ccc3O2)CC(CO)O1. The van der Waals surface area contributed by atoms with E-state index in [1.54, 1.807) is 0 Å². The highest BCUT2D eigenvalue weighted by molar-refractivity contribution is 9.10. The lowest BCUT2D eigenvalue weighted by Gasteiger charge is -2.37. The van der Waals surface area contributed by atoms with Crippen molar-refractivity contribution in [3.63, 3.8) is 0 Å². The van der Waals surface area contributed by atoms with E-state index < -0.39 is 0 Å². The second-order valence-electron chi connectivity index (χ2n) is 5.67. The van der Waals surface area contributed by atoms with Crippen LogP contribution in [0.15, 0.2) is 22.7 Å². The molecule has 0 radical (unpaired) electrons. The summed E-state index contributed by atoms with van der Waals surface area (Å²) in [6.07, 6.45) is 1.24. The lowest BCUT2D eigenvalue weighted by atomic mass is 10.1. The number of aliphatic hydroxyl groups excluding tert-OH is 1. The number of ether oxygens (including phenoxy) is 2. The summed E-state index contributed by atoms with van der Waals surface area (Å²) in [4.78, 5) is 2.33. The summed E-state index contributed by atoms with van der Waals surface area (Å²) >= 11 is 3.50. The number of hydrogen-bond donors (Lipinski definition) is 1. The van der Waals surface area contributed by atoms with Crippen LogP contribution >= 0.6 is 15.9 Å². The van der Waals surface area contributed by atoms with Gasteiger partial charge >= 0.3 is 0 Å². The second-order valence-corrected chi connectivity index (χ2v) is 6.58. The third-order valence-electron chi connectivity index (χ3n) is 3.83. The van der Waals surface area contributed by atoms with E-state index in [1.165, 1.54) is 5.56 Å². The fourth-order valence-corrected chi connectivity index (χ4v) is 3.48. The highest BCUT2D eigenvalue weighted by Gasteiger charge is 2.30. The first-order valence-electron chi connectivity index (χ1n) is 7.08. The monoisotopic (exact) mass is 341 g/mol. The Kier molecular flexibility index (Phi) is 4.31. The van der Waals surface area contributed by atoms with E-state index >= 15 is 0 Å². The molecular formula is C15H20BrNO3. The van der Waals surface area contributed by atoms with Gasteiger partial charge in [-0.05, 0) is 30.7 Å². The summed E-state index contributed by atoms with van der Waals surface area (Å²) in [6.45, 7) is 4.70. The molecule has 2 aliphatic rings. The van der Waals surface area contributed by atoms with Crippen molar-refractivity contribution < 1.29 is 14.6 Å². The van der Waals surface area contributed by atoms with Crippen LogP contribution in [0.1, 0.15) is 12.5 Å². The highest BCUT2D eigenvalue weighted by Crippen LogP contribution is 2.31. The third-order valence-corrected chi connectivity index (χ3v) is 4.32. The van der Waals surface area contributed by atoms with Gasteiger partial charge < -0.3 is 14.6 Å². The Labute approximate surface area is 127 Å². The van der Waals surface area contributed by atoms with Crippen molar-refractivity contribution in [2.75, 3.05) is 26.2 Å². The van der Waals surface area contributed by atoms with Crippen LogP contribution in [0.3, 0.4) is 0 Å². The minimum Gasteiger partial charge on any atom is -0.488 e. The molecule has 0 amide bonds. The molecule has 0 saturated carbocycles. The zero-order valence-corrected chi connectivity index (χ0v) is 13.2. The zero-order chi connectivity index (χ0) is 14.1. The molecule has 20 heavy (non-hydrogen) atoms. The van der Waals surface area contributed by atoms with E-state index in [-0.39, 0.29) is 24.9 Å². The fraction of sp³-hybridized carbons (Fsp3) is 0.600. The molecule has 3 unspecified atom stereocenters. The Hall–Kier alpha value is -0.620. The van der Waals surface area contributed by atoms with Gasteiger partial charge in [-0.25, -0.2) is 0 Å². The van der Waals surface area contributed by atoms with E-state index in [9.17, 15) is 5.11 Å². The Morgan fingerprint density at radius 2 is 2.20 bits per heavy atom. The van der Waals surface area contributed by atoms with E-state index in [0.717, 1.165) is 36.3 Å². The van der Waals surface area contributed by atoms with Crippen molar-refractivity contribution >= 4 is 15.9 Å². The average Bonchev–Trinajstić information content (AvgIpc) is 2.79.